The van der Waals surface area contributed by atoms with Crippen LogP contribution in [0.25, 0.3) is 0 Å². The summed E-state index contributed by atoms with van der Waals surface area (Å²) >= 11 is 6.27. The van der Waals surface area contributed by atoms with Gasteiger partial charge >= 0.3 is 5.97 Å². The fourth-order valence-electron chi connectivity index (χ4n) is 3.64. The number of ether oxygens (including phenoxy) is 4. The molecule has 0 spiro atoms. The van der Waals surface area contributed by atoms with Crippen molar-refractivity contribution in [3.05, 3.63) is 47.5 Å². The lowest BCUT2D eigenvalue weighted by molar-refractivity contribution is -0.148. The molecule has 1 fully saturated rings. The zero-order valence-corrected chi connectivity index (χ0v) is 19.9. The minimum Gasteiger partial charge on any atom is -0.482 e. The highest BCUT2D eigenvalue weighted by molar-refractivity contribution is 7.89. The van der Waals surface area contributed by atoms with Crippen molar-refractivity contribution in [3.63, 3.8) is 0 Å². The molecule has 12 heteroatoms. The molecule has 1 atom stereocenters. The summed E-state index contributed by atoms with van der Waals surface area (Å²) in [7, 11) is -2.48. The van der Waals surface area contributed by atoms with Crippen LogP contribution in [0.5, 0.6) is 11.5 Å². The molecule has 4 rings (SSSR count). The minimum absolute atomic E-state index is 0.0288. The van der Waals surface area contributed by atoms with E-state index in [1.807, 2.05) is 0 Å². The van der Waals surface area contributed by atoms with Crippen LogP contribution in [0, 0.1) is 0 Å². The quantitative estimate of drug-likeness (QED) is 0.540. The minimum atomic E-state index is -3.72. The highest BCUT2D eigenvalue weighted by Gasteiger charge is 2.34. The number of benzene rings is 2. The van der Waals surface area contributed by atoms with E-state index >= 15 is 0 Å². The summed E-state index contributed by atoms with van der Waals surface area (Å²) in [6.07, 6.45) is -0.975. The highest BCUT2D eigenvalue weighted by atomic mass is 35.5. The number of carbonyl (C=O) groups is 2. The molecule has 0 unspecified atom stereocenters. The summed E-state index contributed by atoms with van der Waals surface area (Å²) in [5.74, 6) is -0.519. The molecule has 1 amide bonds. The third-order valence-corrected chi connectivity index (χ3v) is 7.59. The van der Waals surface area contributed by atoms with Gasteiger partial charge in [-0.05, 0) is 30.3 Å². The van der Waals surface area contributed by atoms with Crippen LogP contribution in [0.4, 0.5) is 5.69 Å². The van der Waals surface area contributed by atoms with Crippen LogP contribution in [-0.4, -0.2) is 77.3 Å². The number of morpholine rings is 1. The van der Waals surface area contributed by atoms with E-state index in [0.29, 0.717) is 24.7 Å². The second-order valence-electron chi connectivity index (χ2n) is 7.50. The first-order chi connectivity index (χ1) is 16.3. The first-order valence-corrected chi connectivity index (χ1v) is 12.3. The number of nitrogens with zero attached hydrogens (tertiary/aromatic N) is 2. The van der Waals surface area contributed by atoms with Crippen molar-refractivity contribution in [2.75, 3.05) is 51.5 Å². The summed E-state index contributed by atoms with van der Waals surface area (Å²) in [4.78, 5) is 26.4. The second kappa shape index (κ2) is 10.2. The zero-order chi connectivity index (χ0) is 24.3. The number of anilines is 1. The molecule has 2 aromatic carbocycles. The van der Waals surface area contributed by atoms with Crippen molar-refractivity contribution in [1.82, 2.24) is 4.31 Å². The van der Waals surface area contributed by atoms with Gasteiger partial charge < -0.3 is 23.8 Å². The number of para-hydroxylation sites is 2. The van der Waals surface area contributed by atoms with Gasteiger partial charge in [0.15, 0.2) is 6.61 Å². The number of carbonyl (C=O) groups excluding carboxylic acids is 2. The van der Waals surface area contributed by atoms with E-state index in [2.05, 4.69) is 0 Å². The molecule has 0 radical (unpaired) electrons. The molecule has 2 aliphatic heterocycles. The van der Waals surface area contributed by atoms with E-state index in [1.165, 1.54) is 34.5 Å². The third-order valence-electron chi connectivity index (χ3n) is 5.40. The van der Waals surface area contributed by atoms with E-state index in [0.717, 1.165) is 0 Å². The van der Waals surface area contributed by atoms with Gasteiger partial charge in [-0.15, -0.1) is 0 Å². The summed E-state index contributed by atoms with van der Waals surface area (Å²) in [5.41, 5.74) is 0.495. The van der Waals surface area contributed by atoms with Crippen molar-refractivity contribution in [3.8, 4) is 11.5 Å². The lowest BCUT2D eigenvalue weighted by Crippen LogP contribution is -2.48. The van der Waals surface area contributed by atoms with Crippen LogP contribution < -0.4 is 14.4 Å². The lowest BCUT2D eigenvalue weighted by Gasteiger charge is -2.33. The van der Waals surface area contributed by atoms with Crippen LogP contribution >= 0.6 is 11.6 Å². The molecule has 2 aliphatic rings. The third kappa shape index (κ3) is 4.97. The van der Waals surface area contributed by atoms with E-state index < -0.39 is 34.6 Å². The van der Waals surface area contributed by atoms with Gasteiger partial charge in [0.2, 0.25) is 16.1 Å². The van der Waals surface area contributed by atoms with Gasteiger partial charge in [-0.1, -0.05) is 23.7 Å². The van der Waals surface area contributed by atoms with E-state index in [4.69, 9.17) is 30.5 Å². The average molecular weight is 511 g/mol. The van der Waals surface area contributed by atoms with Gasteiger partial charge in [0.05, 0.1) is 42.5 Å². The van der Waals surface area contributed by atoms with E-state index in [1.54, 1.807) is 24.3 Å². The standard InChI is InChI=1S/C22H23ClN2O8S/c1-30-22(27)20-13-25(17-4-2-3-5-19(17)33-20)21(26)14-32-18-7-6-15(12-16(18)23)34(28,29)24-8-10-31-11-9-24/h2-7,12,20H,8-11,13-14H2,1H3/t20-/m0/s1. The maximum absolute atomic E-state index is 13.0. The maximum atomic E-state index is 13.0. The van der Waals surface area contributed by atoms with Gasteiger partial charge in [-0.2, -0.15) is 4.31 Å². The van der Waals surface area contributed by atoms with Gasteiger partial charge in [0.25, 0.3) is 5.91 Å². The fraction of sp³-hybridized carbons (Fsp3) is 0.364. The molecular weight excluding hydrogens is 488 g/mol. The molecule has 182 valence electrons. The van der Waals surface area contributed by atoms with E-state index in [9.17, 15) is 18.0 Å². The Labute approximate surface area is 201 Å². The molecule has 10 nitrogen and oxygen atoms in total. The molecule has 0 N–H and O–H groups in total. The maximum Gasteiger partial charge on any atom is 0.348 e. The van der Waals surface area contributed by atoms with Crippen molar-refractivity contribution >= 4 is 39.2 Å². The zero-order valence-electron chi connectivity index (χ0n) is 18.3. The Balaban J connectivity index is 1.47. The van der Waals surface area contributed by atoms with Gasteiger partial charge in [-0.25, -0.2) is 13.2 Å². The summed E-state index contributed by atoms with van der Waals surface area (Å²) in [6, 6.07) is 10.9. The Morgan fingerprint density at radius 1 is 1.15 bits per heavy atom. The molecule has 0 bridgehead atoms. The number of esters is 1. The number of halogens is 1. The van der Waals surface area contributed by atoms with Crippen LogP contribution in [0.15, 0.2) is 47.4 Å². The first kappa shape index (κ1) is 24.3. The number of methoxy groups -OCH3 is 1. The molecular formula is C22H23ClN2O8S. The van der Waals surface area contributed by atoms with Crippen LogP contribution in [0.2, 0.25) is 5.02 Å². The van der Waals surface area contributed by atoms with Crippen LogP contribution in [-0.2, 0) is 29.1 Å². The second-order valence-corrected chi connectivity index (χ2v) is 9.84. The molecule has 0 aliphatic carbocycles. The molecule has 2 aromatic rings. The predicted molar refractivity (Wildman–Crippen MR) is 122 cm³/mol. The SMILES string of the molecule is COC(=O)[C@@H]1CN(C(=O)COc2ccc(S(=O)(=O)N3CCOCC3)cc2Cl)c2ccccc2O1. The van der Waals surface area contributed by atoms with Crippen molar-refractivity contribution in [2.45, 2.75) is 11.0 Å². The smallest absolute Gasteiger partial charge is 0.348 e. The average Bonchev–Trinajstić information content (AvgIpc) is 2.87. The number of hydrogen-bond donors (Lipinski definition) is 0. The monoisotopic (exact) mass is 510 g/mol. The summed E-state index contributed by atoms with van der Waals surface area (Å²) in [5, 5.41) is 0.0527. The summed E-state index contributed by atoms with van der Waals surface area (Å²) in [6.45, 7) is 0.754. The lowest BCUT2D eigenvalue weighted by atomic mass is 10.2. The van der Waals surface area contributed by atoms with Gasteiger partial charge in [0.1, 0.15) is 11.5 Å². The molecule has 0 aromatic heterocycles. The van der Waals surface area contributed by atoms with E-state index in [-0.39, 0.29) is 35.3 Å². The van der Waals surface area contributed by atoms with Crippen LogP contribution in [0.3, 0.4) is 0 Å². The number of sulfonamides is 1. The normalized spacial score (nSPS) is 18.5. The number of hydrogen-bond acceptors (Lipinski definition) is 8. The molecule has 1 saturated heterocycles. The molecule has 2 heterocycles. The number of fused-ring (bicyclic) bond motifs is 1. The summed E-state index contributed by atoms with van der Waals surface area (Å²) < 4.78 is 48.1. The highest BCUT2D eigenvalue weighted by Crippen LogP contribution is 2.34. The van der Waals surface area contributed by atoms with Crippen molar-refractivity contribution < 1.29 is 37.0 Å². The predicted octanol–water partition coefficient (Wildman–Crippen LogP) is 1.71. The Bertz CT molecular complexity index is 1180. The molecule has 0 saturated carbocycles. The van der Waals surface area contributed by atoms with Crippen molar-refractivity contribution in [2.24, 2.45) is 0 Å². The Morgan fingerprint density at radius 3 is 2.59 bits per heavy atom. The van der Waals surface area contributed by atoms with Crippen molar-refractivity contribution in [1.29, 1.82) is 0 Å². The van der Waals surface area contributed by atoms with Crippen LogP contribution in [0.1, 0.15) is 0 Å². The Kier molecular flexibility index (Phi) is 7.27. The largest absolute Gasteiger partial charge is 0.482 e. The topological polar surface area (TPSA) is 112 Å². The van der Waals surface area contributed by atoms with Gasteiger partial charge in [0, 0.05) is 13.1 Å². The number of amides is 1. The number of rotatable bonds is 6. The Hall–Kier alpha value is -2.86. The Morgan fingerprint density at radius 2 is 1.88 bits per heavy atom. The molecule has 34 heavy (non-hydrogen) atoms. The first-order valence-electron chi connectivity index (χ1n) is 10.5. The fourth-order valence-corrected chi connectivity index (χ4v) is 5.37. The van der Waals surface area contributed by atoms with Gasteiger partial charge in [-0.3, -0.25) is 4.79 Å².